The van der Waals surface area contributed by atoms with E-state index in [0.717, 1.165) is 23.1 Å². The molecule has 3 aromatic carbocycles. The van der Waals surface area contributed by atoms with Crippen LogP contribution in [0.2, 0.25) is 0 Å². The Kier molecular flexibility index (Phi) is 9.11. The molecule has 10 heteroatoms. The minimum absolute atomic E-state index is 0.0870. The van der Waals surface area contributed by atoms with Gasteiger partial charge in [-0.2, -0.15) is 0 Å². The number of carbonyl (C=O) groups is 1. The van der Waals surface area contributed by atoms with Crippen LogP contribution in [0.4, 0.5) is 10.8 Å². The van der Waals surface area contributed by atoms with Gasteiger partial charge in [0.1, 0.15) is 18.1 Å². The van der Waals surface area contributed by atoms with Gasteiger partial charge in [-0.15, -0.1) is 11.3 Å². The molecule has 4 rings (SSSR count). The van der Waals surface area contributed by atoms with Gasteiger partial charge in [0.2, 0.25) is 10.0 Å². The van der Waals surface area contributed by atoms with Crippen LogP contribution in [-0.2, 0) is 27.9 Å². The van der Waals surface area contributed by atoms with E-state index >= 15 is 0 Å². The smallest absolute Gasteiger partial charge is 0.284 e. The lowest BCUT2D eigenvalue weighted by molar-refractivity contribution is 0.0889. The zero-order chi connectivity index (χ0) is 27.0. The molecule has 0 saturated heterocycles. The highest BCUT2D eigenvalue weighted by molar-refractivity contribution is 7.89. The van der Waals surface area contributed by atoms with Crippen molar-refractivity contribution in [1.82, 2.24) is 9.71 Å². The zero-order valence-corrected chi connectivity index (χ0v) is 22.8. The molecular formula is C28H29N3O5S2. The number of aryl methyl sites for hydroxylation is 1. The first-order valence-corrected chi connectivity index (χ1v) is 14.6. The highest BCUT2D eigenvalue weighted by Gasteiger charge is 2.22. The average molecular weight is 552 g/mol. The number of nitrogens with one attached hydrogen (secondary N) is 1. The molecule has 8 nitrogen and oxygen atoms in total. The van der Waals surface area contributed by atoms with Crippen molar-refractivity contribution < 1.29 is 22.7 Å². The molecule has 0 atom stereocenters. The fourth-order valence-electron chi connectivity index (χ4n) is 3.67. The van der Waals surface area contributed by atoms with Crippen LogP contribution in [-0.4, -0.2) is 38.8 Å². The van der Waals surface area contributed by atoms with Crippen molar-refractivity contribution in [2.75, 3.05) is 24.4 Å². The van der Waals surface area contributed by atoms with Gasteiger partial charge in [0.05, 0.1) is 26.0 Å². The van der Waals surface area contributed by atoms with Crippen LogP contribution in [0.1, 0.15) is 26.5 Å². The summed E-state index contributed by atoms with van der Waals surface area (Å²) >= 11 is 1.32. The van der Waals surface area contributed by atoms with Crippen molar-refractivity contribution in [2.24, 2.45) is 0 Å². The van der Waals surface area contributed by atoms with Gasteiger partial charge in [-0.05, 0) is 42.3 Å². The van der Waals surface area contributed by atoms with Gasteiger partial charge in [0.25, 0.3) is 5.91 Å². The number of aromatic nitrogens is 1. The molecule has 0 saturated carbocycles. The second-order valence-electron chi connectivity index (χ2n) is 8.56. The van der Waals surface area contributed by atoms with Gasteiger partial charge in [0, 0.05) is 10.6 Å². The van der Waals surface area contributed by atoms with Gasteiger partial charge >= 0.3 is 0 Å². The van der Waals surface area contributed by atoms with Crippen LogP contribution in [0.15, 0.2) is 84.9 Å². The van der Waals surface area contributed by atoms with Crippen LogP contribution in [0.3, 0.4) is 0 Å². The number of anilines is 2. The van der Waals surface area contributed by atoms with E-state index in [-0.39, 0.29) is 5.69 Å². The lowest BCUT2D eigenvalue weighted by Gasteiger charge is -2.22. The normalized spacial score (nSPS) is 11.2. The molecule has 1 heterocycles. The van der Waals surface area contributed by atoms with E-state index in [1.807, 2.05) is 94.6 Å². The molecule has 0 fully saturated rings. The van der Waals surface area contributed by atoms with Gasteiger partial charge in [0.15, 0.2) is 5.13 Å². The van der Waals surface area contributed by atoms with E-state index in [4.69, 9.17) is 9.47 Å². The average Bonchev–Trinajstić information content (AvgIpc) is 3.29. The Labute approximate surface area is 226 Å². The van der Waals surface area contributed by atoms with Crippen molar-refractivity contribution in [3.63, 3.8) is 0 Å². The first-order valence-electron chi connectivity index (χ1n) is 11.9. The van der Waals surface area contributed by atoms with Crippen molar-refractivity contribution in [2.45, 2.75) is 20.1 Å². The minimum atomic E-state index is -3.70. The van der Waals surface area contributed by atoms with Gasteiger partial charge in [-0.3, -0.25) is 4.79 Å². The van der Waals surface area contributed by atoms with E-state index in [1.54, 1.807) is 6.92 Å². The van der Waals surface area contributed by atoms with Crippen molar-refractivity contribution in [3.8, 4) is 5.75 Å². The fourth-order valence-corrected chi connectivity index (χ4v) is 5.03. The van der Waals surface area contributed by atoms with Crippen LogP contribution < -0.4 is 14.4 Å². The first-order chi connectivity index (χ1) is 18.3. The molecule has 0 aliphatic heterocycles. The molecule has 4 aromatic rings. The molecule has 38 heavy (non-hydrogen) atoms. The quantitative estimate of drug-likeness (QED) is 0.245. The SMILES string of the molecule is Cc1sc(N(Cc2ccccc2)c2ccc(OCCOCc3ccccc3)cc2)nc1C(=O)NS(C)(=O)=O. The number of amides is 1. The Morgan fingerprint density at radius 3 is 2.18 bits per heavy atom. The maximum atomic E-state index is 12.5. The largest absolute Gasteiger partial charge is 0.491 e. The van der Waals surface area contributed by atoms with Gasteiger partial charge < -0.3 is 14.4 Å². The highest BCUT2D eigenvalue weighted by atomic mass is 32.2. The van der Waals surface area contributed by atoms with Crippen molar-refractivity contribution in [3.05, 3.63) is 107 Å². The molecule has 0 radical (unpaired) electrons. The summed E-state index contributed by atoms with van der Waals surface area (Å²) in [6, 6.07) is 27.5. The predicted octanol–water partition coefficient (Wildman–Crippen LogP) is 5.07. The molecule has 0 aliphatic rings. The number of hydrogen-bond acceptors (Lipinski definition) is 8. The number of ether oxygens (including phenoxy) is 2. The van der Waals surface area contributed by atoms with Crippen LogP contribution in [0, 0.1) is 6.92 Å². The maximum absolute atomic E-state index is 12.5. The van der Waals surface area contributed by atoms with E-state index < -0.39 is 15.9 Å². The Bertz CT molecular complexity index is 1440. The zero-order valence-electron chi connectivity index (χ0n) is 21.2. The monoisotopic (exact) mass is 551 g/mol. The molecule has 1 amide bonds. The summed E-state index contributed by atoms with van der Waals surface area (Å²) in [6.45, 7) is 3.68. The maximum Gasteiger partial charge on any atom is 0.284 e. The van der Waals surface area contributed by atoms with Crippen LogP contribution >= 0.6 is 11.3 Å². The lowest BCUT2D eigenvalue weighted by Crippen LogP contribution is -2.30. The number of thiazole rings is 1. The number of nitrogens with zero attached hydrogens (tertiary/aromatic N) is 2. The van der Waals surface area contributed by atoms with Crippen LogP contribution in [0.25, 0.3) is 0 Å². The number of carbonyl (C=O) groups excluding carboxylic acids is 1. The Morgan fingerprint density at radius 2 is 1.55 bits per heavy atom. The van der Waals surface area contributed by atoms with Gasteiger partial charge in [-0.1, -0.05) is 60.7 Å². The Morgan fingerprint density at radius 1 is 0.921 bits per heavy atom. The van der Waals surface area contributed by atoms with Crippen molar-refractivity contribution >= 4 is 38.1 Å². The summed E-state index contributed by atoms with van der Waals surface area (Å²) in [7, 11) is -3.70. The first kappa shape index (κ1) is 27.3. The molecule has 1 N–H and O–H groups in total. The van der Waals surface area contributed by atoms with Gasteiger partial charge in [-0.25, -0.2) is 18.1 Å². The summed E-state index contributed by atoms with van der Waals surface area (Å²) in [4.78, 5) is 19.6. The molecule has 0 spiro atoms. The third kappa shape index (κ3) is 7.88. The molecule has 0 unspecified atom stereocenters. The molecule has 198 valence electrons. The lowest BCUT2D eigenvalue weighted by atomic mass is 10.2. The highest BCUT2D eigenvalue weighted by Crippen LogP contribution is 2.34. The third-order valence-electron chi connectivity index (χ3n) is 5.45. The summed E-state index contributed by atoms with van der Waals surface area (Å²) in [6.07, 6.45) is 0.939. The van der Waals surface area contributed by atoms with E-state index in [1.165, 1.54) is 11.3 Å². The second kappa shape index (κ2) is 12.7. The molecule has 0 bridgehead atoms. The number of benzene rings is 3. The summed E-state index contributed by atoms with van der Waals surface area (Å²) in [5, 5.41) is 0.577. The Balaban J connectivity index is 1.46. The fraction of sp³-hybridized carbons (Fsp3) is 0.214. The van der Waals surface area contributed by atoms with E-state index in [9.17, 15) is 13.2 Å². The topological polar surface area (TPSA) is 97.8 Å². The summed E-state index contributed by atoms with van der Waals surface area (Å²) < 4.78 is 36.6. The summed E-state index contributed by atoms with van der Waals surface area (Å²) in [5.41, 5.74) is 3.11. The molecule has 0 aliphatic carbocycles. The predicted molar refractivity (Wildman–Crippen MR) is 149 cm³/mol. The van der Waals surface area contributed by atoms with Crippen LogP contribution in [0.5, 0.6) is 5.75 Å². The number of hydrogen-bond donors (Lipinski definition) is 1. The third-order valence-corrected chi connectivity index (χ3v) is 7.00. The number of sulfonamides is 1. The summed E-state index contributed by atoms with van der Waals surface area (Å²) in [5.74, 6) is -0.0364. The van der Waals surface area contributed by atoms with E-state index in [2.05, 4.69) is 4.98 Å². The van der Waals surface area contributed by atoms with E-state index in [0.29, 0.717) is 42.1 Å². The van der Waals surface area contributed by atoms with Crippen molar-refractivity contribution in [1.29, 1.82) is 0 Å². The number of rotatable bonds is 12. The second-order valence-corrected chi connectivity index (χ2v) is 11.5. The Hall–Kier alpha value is -3.73. The standard InChI is InChI=1S/C28H29N3O5S2/c1-21-26(27(32)30-38(2,33)34)29-28(37-21)31(19-22-9-5-3-6-10-22)24-13-15-25(16-14-24)36-18-17-35-20-23-11-7-4-8-12-23/h3-16H,17-20H2,1-2H3,(H,30,32). The molecular weight excluding hydrogens is 522 g/mol. The molecule has 1 aromatic heterocycles. The minimum Gasteiger partial charge on any atom is -0.491 e.